The van der Waals surface area contributed by atoms with E-state index in [1.165, 1.54) is 18.4 Å². The Hall–Kier alpha value is -1.55. The standard InChI is InChI=1S/C17H19BrN2O/c1-12(13-5-3-2-4-6-13)10-19-17(21)16-9-14(18)11-20(16)15-7-8-15/h2-6,9,11-12,15H,7-8,10H2,1H3,(H,19,21). The Morgan fingerprint density at radius 2 is 2.10 bits per heavy atom. The van der Waals surface area contributed by atoms with Gasteiger partial charge in [-0.2, -0.15) is 0 Å². The lowest BCUT2D eigenvalue weighted by Crippen LogP contribution is -2.29. The second-order valence-electron chi connectivity index (χ2n) is 5.70. The summed E-state index contributed by atoms with van der Waals surface area (Å²) in [5.74, 6) is 0.318. The van der Waals surface area contributed by atoms with Crippen molar-refractivity contribution in [2.24, 2.45) is 0 Å². The highest BCUT2D eigenvalue weighted by Crippen LogP contribution is 2.37. The maximum absolute atomic E-state index is 12.4. The van der Waals surface area contributed by atoms with Crippen molar-refractivity contribution < 1.29 is 4.79 Å². The summed E-state index contributed by atoms with van der Waals surface area (Å²) >= 11 is 3.46. The van der Waals surface area contributed by atoms with Crippen molar-refractivity contribution in [3.8, 4) is 0 Å². The Balaban J connectivity index is 1.64. The molecule has 1 fully saturated rings. The molecule has 2 aromatic rings. The summed E-state index contributed by atoms with van der Waals surface area (Å²) in [5.41, 5.74) is 2.00. The lowest BCUT2D eigenvalue weighted by Gasteiger charge is -2.14. The second-order valence-corrected chi connectivity index (χ2v) is 6.62. The van der Waals surface area contributed by atoms with Crippen LogP contribution in [0.2, 0.25) is 0 Å². The molecule has 1 aromatic carbocycles. The Kier molecular flexibility index (Phi) is 4.15. The summed E-state index contributed by atoms with van der Waals surface area (Å²) in [6, 6.07) is 12.7. The van der Waals surface area contributed by atoms with E-state index < -0.39 is 0 Å². The van der Waals surface area contributed by atoms with Crippen molar-refractivity contribution in [2.45, 2.75) is 31.7 Å². The topological polar surface area (TPSA) is 34.0 Å². The number of carbonyl (C=O) groups is 1. The van der Waals surface area contributed by atoms with E-state index in [1.54, 1.807) is 0 Å². The third-order valence-corrected chi connectivity index (χ3v) is 4.36. The molecule has 1 aliphatic rings. The van der Waals surface area contributed by atoms with Crippen LogP contribution in [0.15, 0.2) is 47.1 Å². The highest BCUT2D eigenvalue weighted by molar-refractivity contribution is 9.10. The number of hydrogen-bond donors (Lipinski definition) is 1. The van der Waals surface area contributed by atoms with Crippen LogP contribution < -0.4 is 5.32 Å². The summed E-state index contributed by atoms with van der Waals surface area (Å²) in [6.45, 7) is 2.78. The highest BCUT2D eigenvalue weighted by atomic mass is 79.9. The lowest BCUT2D eigenvalue weighted by atomic mass is 10.0. The van der Waals surface area contributed by atoms with Gasteiger partial charge in [-0.1, -0.05) is 37.3 Å². The van der Waals surface area contributed by atoms with Gasteiger partial charge in [-0.25, -0.2) is 0 Å². The molecule has 1 saturated carbocycles. The molecule has 0 radical (unpaired) electrons. The quantitative estimate of drug-likeness (QED) is 0.867. The number of hydrogen-bond acceptors (Lipinski definition) is 1. The first kappa shape index (κ1) is 14.4. The lowest BCUT2D eigenvalue weighted by molar-refractivity contribution is 0.0942. The number of halogens is 1. The van der Waals surface area contributed by atoms with Crippen LogP contribution in [0.3, 0.4) is 0 Å². The maximum atomic E-state index is 12.4. The molecular weight excluding hydrogens is 328 g/mol. The van der Waals surface area contributed by atoms with Gasteiger partial charge in [0.2, 0.25) is 0 Å². The molecule has 4 heteroatoms. The Morgan fingerprint density at radius 1 is 1.38 bits per heavy atom. The van der Waals surface area contributed by atoms with Gasteiger partial charge in [0.1, 0.15) is 5.69 Å². The van der Waals surface area contributed by atoms with E-state index in [-0.39, 0.29) is 5.91 Å². The third-order valence-electron chi connectivity index (χ3n) is 3.93. The highest BCUT2D eigenvalue weighted by Gasteiger charge is 2.27. The fourth-order valence-corrected chi connectivity index (χ4v) is 2.96. The van der Waals surface area contributed by atoms with Gasteiger partial charge in [0.25, 0.3) is 5.91 Å². The molecule has 0 saturated heterocycles. The molecule has 1 amide bonds. The maximum Gasteiger partial charge on any atom is 0.267 e. The van der Waals surface area contributed by atoms with Crippen LogP contribution in [0.25, 0.3) is 0 Å². The zero-order valence-corrected chi connectivity index (χ0v) is 13.6. The van der Waals surface area contributed by atoms with Crippen molar-refractivity contribution in [1.29, 1.82) is 0 Å². The van der Waals surface area contributed by atoms with Gasteiger partial charge in [-0.15, -0.1) is 0 Å². The van der Waals surface area contributed by atoms with Crippen molar-refractivity contribution >= 4 is 21.8 Å². The van der Waals surface area contributed by atoms with E-state index in [0.29, 0.717) is 18.5 Å². The number of rotatable bonds is 5. The monoisotopic (exact) mass is 346 g/mol. The van der Waals surface area contributed by atoms with Crippen molar-refractivity contribution in [3.05, 3.63) is 58.3 Å². The van der Waals surface area contributed by atoms with Gasteiger partial charge in [0.15, 0.2) is 0 Å². The Morgan fingerprint density at radius 3 is 2.76 bits per heavy atom. The van der Waals surface area contributed by atoms with Crippen LogP contribution in [0.5, 0.6) is 0 Å². The largest absolute Gasteiger partial charge is 0.350 e. The van der Waals surface area contributed by atoms with Crippen LogP contribution in [-0.4, -0.2) is 17.0 Å². The number of nitrogens with one attached hydrogen (secondary N) is 1. The van der Waals surface area contributed by atoms with Gasteiger partial charge in [0.05, 0.1) is 0 Å². The SMILES string of the molecule is CC(CNC(=O)c1cc(Br)cn1C1CC1)c1ccccc1. The van der Waals surface area contributed by atoms with Gasteiger partial charge >= 0.3 is 0 Å². The van der Waals surface area contributed by atoms with E-state index in [0.717, 1.165) is 10.2 Å². The summed E-state index contributed by atoms with van der Waals surface area (Å²) in [5, 5.41) is 3.05. The first-order valence-electron chi connectivity index (χ1n) is 7.35. The average molecular weight is 347 g/mol. The molecule has 1 unspecified atom stereocenters. The van der Waals surface area contributed by atoms with Crippen LogP contribution in [-0.2, 0) is 0 Å². The molecule has 0 aliphatic heterocycles. The molecule has 110 valence electrons. The van der Waals surface area contributed by atoms with Gasteiger partial charge in [-0.05, 0) is 46.3 Å². The van der Waals surface area contributed by atoms with E-state index in [1.807, 2.05) is 30.5 Å². The first-order valence-corrected chi connectivity index (χ1v) is 8.15. The molecule has 3 nitrogen and oxygen atoms in total. The van der Waals surface area contributed by atoms with E-state index in [4.69, 9.17) is 0 Å². The van der Waals surface area contributed by atoms with E-state index in [9.17, 15) is 4.79 Å². The molecule has 0 bridgehead atoms. The summed E-state index contributed by atoms with van der Waals surface area (Å²) in [6.07, 6.45) is 4.34. The molecule has 1 N–H and O–H groups in total. The summed E-state index contributed by atoms with van der Waals surface area (Å²) < 4.78 is 3.06. The van der Waals surface area contributed by atoms with E-state index >= 15 is 0 Å². The molecule has 1 heterocycles. The van der Waals surface area contributed by atoms with E-state index in [2.05, 4.69) is 44.9 Å². The minimum absolute atomic E-state index is 0.00961. The number of aromatic nitrogens is 1. The normalized spacial score (nSPS) is 15.7. The molecular formula is C17H19BrN2O. The molecule has 3 rings (SSSR count). The molecule has 1 aliphatic carbocycles. The average Bonchev–Trinajstić information content (AvgIpc) is 3.27. The van der Waals surface area contributed by atoms with Gasteiger partial charge in [-0.3, -0.25) is 4.79 Å². The van der Waals surface area contributed by atoms with Gasteiger partial charge in [0, 0.05) is 23.3 Å². The Labute approximate surface area is 133 Å². The van der Waals surface area contributed by atoms with Crippen LogP contribution in [0.1, 0.15) is 47.8 Å². The zero-order chi connectivity index (χ0) is 14.8. The fraction of sp³-hybridized carbons (Fsp3) is 0.353. The predicted molar refractivity (Wildman–Crippen MR) is 87.6 cm³/mol. The van der Waals surface area contributed by atoms with Crippen LogP contribution in [0, 0.1) is 0 Å². The summed E-state index contributed by atoms with van der Waals surface area (Å²) in [7, 11) is 0. The summed E-state index contributed by atoms with van der Waals surface area (Å²) in [4.78, 5) is 12.4. The molecule has 0 spiro atoms. The van der Waals surface area contributed by atoms with Crippen LogP contribution >= 0.6 is 15.9 Å². The predicted octanol–water partition coefficient (Wildman–Crippen LogP) is 4.12. The molecule has 21 heavy (non-hydrogen) atoms. The second kappa shape index (κ2) is 6.06. The minimum atomic E-state index is 0.00961. The van der Waals surface area contributed by atoms with Crippen molar-refractivity contribution in [2.75, 3.05) is 6.54 Å². The molecule has 1 atom stereocenters. The van der Waals surface area contributed by atoms with Crippen molar-refractivity contribution in [1.82, 2.24) is 9.88 Å². The van der Waals surface area contributed by atoms with Gasteiger partial charge < -0.3 is 9.88 Å². The number of amides is 1. The number of benzene rings is 1. The first-order chi connectivity index (χ1) is 10.1. The minimum Gasteiger partial charge on any atom is -0.350 e. The molecule has 1 aromatic heterocycles. The smallest absolute Gasteiger partial charge is 0.267 e. The number of carbonyl (C=O) groups excluding carboxylic acids is 1. The Bertz CT molecular complexity index is 631. The third kappa shape index (κ3) is 3.38. The zero-order valence-electron chi connectivity index (χ0n) is 12.1. The number of nitrogens with zero attached hydrogens (tertiary/aromatic N) is 1. The fourth-order valence-electron chi connectivity index (χ4n) is 2.52. The van der Waals surface area contributed by atoms with Crippen LogP contribution in [0.4, 0.5) is 0 Å². The van der Waals surface area contributed by atoms with Crippen molar-refractivity contribution in [3.63, 3.8) is 0 Å².